The number of hydrogen-bond donors (Lipinski definition) is 3. The summed E-state index contributed by atoms with van der Waals surface area (Å²) >= 11 is 0. The zero-order chi connectivity index (χ0) is 24.5. The van der Waals surface area contributed by atoms with Crippen molar-refractivity contribution in [2.45, 2.75) is 49.9 Å². The number of hydrogen-bond acceptors (Lipinski definition) is 9. The molecule has 10 heteroatoms. The monoisotopic (exact) mass is 483 g/mol. The number of carbonyl (C=O) groups excluding carboxylic acids is 2. The van der Waals surface area contributed by atoms with Gasteiger partial charge in [0.15, 0.2) is 17.3 Å². The van der Waals surface area contributed by atoms with E-state index in [-0.39, 0.29) is 30.5 Å². The van der Waals surface area contributed by atoms with Crippen molar-refractivity contribution in [3.63, 3.8) is 0 Å². The predicted molar refractivity (Wildman–Crippen MR) is 118 cm³/mol. The molecule has 4 aliphatic rings. The first-order valence-corrected chi connectivity index (χ1v) is 11.5. The van der Waals surface area contributed by atoms with Crippen molar-refractivity contribution < 1.29 is 43.5 Å². The maximum Gasteiger partial charge on any atom is 0.338 e. The van der Waals surface area contributed by atoms with Crippen LogP contribution in [0, 0.1) is 5.92 Å². The maximum atomic E-state index is 13.1. The standard InChI is InChI=1S/C25H25NO9/c1-25(2)34-21-17-15(12-8-14-20(33-10-32-14)19(28)16(12)23(29)26-17)13(18(27)22(21)35-25)9-31-24(30)11-6-4-3-5-7-11/h3-8,13,15,17-18,21-22,27-28H,9-10H2,1-2H3,(H,26,29)/t13-,15+,17-,18+,21+,22-/m1/s1. The van der Waals surface area contributed by atoms with Crippen LogP contribution in [0.3, 0.4) is 0 Å². The number of amides is 1. The molecule has 6 rings (SSSR count). The summed E-state index contributed by atoms with van der Waals surface area (Å²) in [5.41, 5.74) is 0.887. The van der Waals surface area contributed by atoms with E-state index in [1.807, 2.05) is 0 Å². The Labute approximate surface area is 200 Å². The number of phenolic OH excluding ortho intramolecular Hbond substituents is 1. The lowest BCUT2D eigenvalue weighted by atomic mass is 9.66. The van der Waals surface area contributed by atoms with Gasteiger partial charge in [-0.05, 0) is 37.6 Å². The Morgan fingerprint density at radius 1 is 1.17 bits per heavy atom. The fourth-order valence-corrected chi connectivity index (χ4v) is 5.68. The van der Waals surface area contributed by atoms with Crippen LogP contribution >= 0.6 is 0 Å². The quantitative estimate of drug-likeness (QED) is 0.558. The molecule has 1 amide bonds. The predicted octanol–water partition coefficient (Wildman–Crippen LogP) is 1.68. The molecule has 184 valence electrons. The zero-order valence-electron chi connectivity index (χ0n) is 19.1. The van der Waals surface area contributed by atoms with Crippen LogP contribution in [-0.2, 0) is 14.2 Å². The van der Waals surface area contributed by atoms with E-state index < -0.39 is 53.9 Å². The number of aliphatic hydroxyl groups excluding tert-OH is 1. The van der Waals surface area contributed by atoms with Gasteiger partial charge in [0, 0.05) is 11.8 Å². The highest BCUT2D eigenvalue weighted by molar-refractivity contribution is 6.01. The lowest BCUT2D eigenvalue weighted by molar-refractivity contribution is -0.157. The molecule has 2 aromatic rings. The Balaban J connectivity index is 1.41. The van der Waals surface area contributed by atoms with E-state index >= 15 is 0 Å². The van der Waals surface area contributed by atoms with Crippen molar-refractivity contribution >= 4 is 11.9 Å². The molecule has 1 aliphatic carbocycles. The zero-order valence-corrected chi connectivity index (χ0v) is 19.1. The topological polar surface area (TPSA) is 133 Å². The number of phenols is 1. The maximum absolute atomic E-state index is 13.1. The molecular weight excluding hydrogens is 458 g/mol. The molecule has 3 heterocycles. The number of carbonyl (C=O) groups is 2. The van der Waals surface area contributed by atoms with Crippen LogP contribution in [0.15, 0.2) is 36.4 Å². The van der Waals surface area contributed by atoms with Crippen molar-refractivity contribution in [3.8, 4) is 17.2 Å². The number of esters is 1. The summed E-state index contributed by atoms with van der Waals surface area (Å²) in [6.45, 7) is 3.24. The van der Waals surface area contributed by atoms with E-state index in [0.29, 0.717) is 16.9 Å². The molecule has 0 bridgehead atoms. The lowest BCUT2D eigenvalue weighted by Gasteiger charge is -2.48. The molecule has 1 saturated carbocycles. The molecule has 2 fully saturated rings. The van der Waals surface area contributed by atoms with E-state index in [4.69, 9.17) is 23.7 Å². The first-order valence-electron chi connectivity index (χ1n) is 11.5. The van der Waals surface area contributed by atoms with E-state index in [1.165, 1.54) is 0 Å². The fourth-order valence-electron chi connectivity index (χ4n) is 5.68. The second kappa shape index (κ2) is 7.84. The Morgan fingerprint density at radius 2 is 1.91 bits per heavy atom. The molecule has 35 heavy (non-hydrogen) atoms. The summed E-state index contributed by atoms with van der Waals surface area (Å²) in [6, 6.07) is 9.59. The third-order valence-corrected chi connectivity index (χ3v) is 7.11. The van der Waals surface area contributed by atoms with Crippen molar-refractivity contribution in [3.05, 3.63) is 53.1 Å². The lowest BCUT2D eigenvalue weighted by Crippen LogP contribution is -2.64. The molecular formula is C25H25NO9. The largest absolute Gasteiger partial charge is 0.504 e. The first kappa shape index (κ1) is 22.1. The van der Waals surface area contributed by atoms with Crippen molar-refractivity contribution in [1.82, 2.24) is 5.32 Å². The number of rotatable bonds is 3. The first-order chi connectivity index (χ1) is 16.7. The molecule has 0 spiro atoms. The van der Waals surface area contributed by atoms with Gasteiger partial charge in [0.25, 0.3) is 5.91 Å². The van der Waals surface area contributed by atoms with Crippen LogP contribution in [0.1, 0.15) is 46.0 Å². The third kappa shape index (κ3) is 3.43. The highest BCUT2D eigenvalue weighted by Crippen LogP contribution is 2.53. The molecule has 3 N–H and O–H groups in total. The smallest absolute Gasteiger partial charge is 0.338 e. The van der Waals surface area contributed by atoms with Gasteiger partial charge in [0.05, 0.1) is 29.9 Å². The minimum absolute atomic E-state index is 0.0405. The molecule has 3 aliphatic heterocycles. The molecule has 0 aromatic heterocycles. The fraction of sp³-hybridized carbons (Fsp3) is 0.440. The normalized spacial score (nSPS) is 31.7. The average molecular weight is 483 g/mol. The Hall–Kier alpha value is -3.34. The van der Waals surface area contributed by atoms with Gasteiger partial charge >= 0.3 is 5.97 Å². The number of benzene rings is 2. The molecule has 6 atom stereocenters. The van der Waals surface area contributed by atoms with Crippen LogP contribution in [0.4, 0.5) is 0 Å². The van der Waals surface area contributed by atoms with E-state index in [2.05, 4.69) is 5.32 Å². The van der Waals surface area contributed by atoms with Crippen LogP contribution in [0.2, 0.25) is 0 Å². The van der Waals surface area contributed by atoms with Crippen LogP contribution in [0.25, 0.3) is 0 Å². The average Bonchev–Trinajstić information content (AvgIpc) is 3.43. The number of aromatic hydroxyl groups is 1. The van der Waals surface area contributed by atoms with Gasteiger partial charge in [-0.3, -0.25) is 4.79 Å². The number of nitrogens with one attached hydrogen (secondary N) is 1. The summed E-state index contributed by atoms with van der Waals surface area (Å²) in [5, 5.41) is 25.2. The summed E-state index contributed by atoms with van der Waals surface area (Å²) in [7, 11) is 0. The highest BCUT2D eigenvalue weighted by Gasteiger charge is 2.60. The van der Waals surface area contributed by atoms with Gasteiger partial charge in [0.1, 0.15) is 12.2 Å². The summed E-state index contributed by atoms with van der Waals surface area (Å²) < 4.78 is 28.5. The van der Waals surface area contributed by atoms with Gasteiger partial charge in [-0.15, -0.1) is 0 Å². The molecule has 0 radical (unpaired) electrons. The SMILES string of the molecule is CC1(C)O[C@@H]2[C@@H](O)[C@H](COC(=O)c3ccccc3)[C@@H]3c4cc5c(c(O)c4C(=O)N[C@H]3[C@@H]2O1)OCO5. The Bertz CT molecular complexity index is 1200. The number of fused-ring (bicyclic) bond motifs is 6. The Morgan fingerprint density at radius 3 is 2.69 bits per heavy atom. The van der Waals surface area contributed by atoms with Crippen molar-refractivity contribution in [2.75, 3.05) is 13.4 Å². The number of aliphatic hydroxyl groups is 1. The van der Waals surface area contributed by atoms with Gasteiger partial charge in [-0.25, -0.2) is 4.79 Å². The van der Waals surface area contributed by atoms with Crippen LogP contribution in [-0.4, -0.2) is 65.6 Å². The molecule has 2 aromatic carbocycles. The second-order valence-electron chi connectivity index (χ2n) is 9.63. The van der Waals surface area contributed by atoms with Crippen LogP contribution in [0.5, 0.6) is 17.2 Å². The molecule has 1 saturated heterocycles. The van der Waals surface area contributed by atoms with Crippen molar-refractivity contribution in [2.24, 2.45) is 5.92 Å². The van der Waals surface area contributed by atoms with E-state index in [1.54, 1.807) is 50.2 Å². The Kier molecular flexibility index (Phi) is 4.96. The summed E-state index contributed by atoms with van der Waals surface area (Å²) in [4.78, 5) is 25.8. The van der Waals surface area contributed by atoms with Gasteiger partial charge in [-0.1, -0.05) is 18.2 Å². The van der Waals surface area contributed by atoms with Crippen LogP contribution < -0.4 is 14.8 Å². The van der Waals surface area contributed by atoms with Gasteiger partial charge < -0.3 is 39.2 Å². The minimum Gasteiger partial charge on any atom is -0.504 e. The summed E-state index contributed by atoms with van der Waals surface area (Å²) in [5.74, 6) is -3.19. The third-order valence-electron chi connectivity index (χ3n) is 7.11. The van der Waals surface area contributed by atoms with E-state index in [0.717, 1.165) is 0 Å². The summed E-state index contributed by atoms with van der Waals surface area (Å²) in [6.07, 6.45) is -2.49. The van der Waals surface area contributed by atoms with Gasteiger partial charge in [-0.2, -0.15) is 0 Å². The second-order valence-corrected chi connectivity index (χ2v) is 9.63. The molecule has 10 nitrogen and oxygen atoms in total. The highest BCUT2D eigenvalue weighted by atomic mass is 16.8. The minimum atomic E-state index is -1.08. The number of ether oxygens (including phenoxy) is 5. The molecule has 0 unspecified atom stereocenters. The van der Waals surface area contributed by atoms with Crippen molar-refractivity contribution in [1.29, 1.82) is 0 Å². The van der Waals surface area contributed by atoms with E-state index in [9.17, 15) is 19.8 Å². The van der Waals surface area contributed by atoms with Gasteiger partial charge in [0.2, 0.25) is 12.5 Å².